The van der Waals surface area contributed by atoms with Crippen molar-refractivity contribution in [1.82, 2.24) is 15.5 Å². The molecule has 1 atom stereocenters. The van der Waals surface area contributed by atoms with Gasteiger partial charge in [0.2, 0.25) is 5.91 Å². The Balaban J connectivity index is 1.52. The van der Waals surface area contributed by atoms with E-state index in [9.17, 15) is 14.4 Å². The third-order valence-electron chi connectivity index (χ3n) is 4.34. The van der Waals surface area contributed by atoms with E-state index in [0.717, 1.165) is 21.8 Å². The lowest BCUT2D eigenvalue weighted by atomic mass is 10.1. The molecule has 4 amide bonds. The Bertz CT molecular complexity index is 821. The van der Waals surface area contributed by atoms with Crippen LogP contribution in [-0.4, -0.2) is 42.4 Å². The van der Waals surface area contributed by atoms with Crippen LogP contribution in [0.4, 0.5) is 4.79 Å². The Morgan fingerprint density at radius 1 is 1.07 bits per heavy atom. The SMILES string of the molecule is COc1ccc(CNC(=O)CN2C(=O)N[C@@H](Cc3ccccc3)C2=O)cc1. The average Bonchev–Trinajstić information content (AvgIpc) is 2.95. The molecule has 0 aromatic heterocycles. The smallest absolute Gasteiger partial charge is 0.325 e. The van der Waals surface area contributed by atoms with Crippen molar-refractivity contribution in [3.05, 3.63) is 65.7 Å². The molecule has 0 aliphatic carbocycles. The number of amides is 4. The topological polar surface area (TPSA) is 87.7 Å². The average molecular weight is 367 g/mol. The molecule has 0 bridgehead atoms. The number of imide groups is 1. The van der Waals surface area contributed by atoms with E-state index in [1.165, 1.54) is 0 Å². The van der Waals surface area contributed by atoms with Crippen molar-refractivity contribution in [2.24, 2.45) is 0 Å². The number of ether oxygens (including phenoxy) is 1. The number of hydrogen-bond acceptors (Lipinski definition) is 4. The van der Waals surface area contributed by atoms with E-state index in [4.69, 9.17) is 4.74 Å². The molecule has 1 aliphatic heterocycles. The summed E-state index contributed by atoms with van der Waals surface area (Å²) in [7, 11) is 1.58. The predicted octanol–water partition coefficient (Wildman–Crippen LogP) is 1.47. The number of benzene rings is 2. The van der Waals surface area contributed by atoms with Crippen molar-refractivity contribution in [2.45, 2.75) is 19.0 Å². The van der Waals surface area contributed by atoms with Gasteiger partial charge in [0.15, 0.2) is 0 Å². The van der Waals surface area contributed by atoms with Gasteiger partial charge >= 0.3 is 6.03 Å². The Morgan fingerprint density at radius 3 is 2.44 bits per heavy atom. The largest absolute Gasteiger partial charge is 0.497 e. The Morgan fingerprint density at radius 2 is 1.78 bits per heavy atom. The minimum Gasteiger partial charge on any atom is -0.497 e. The summed E-state index contributed by atoms with van der Waals surface area (Å²) in [4.78, 5) is 37.6. The monoisotopic (exact) mass is 367 g/mol. The third-order valence-corrected chi connectivity index (χ3v) is 4.34. The summed E-state index contributed by atoms with van der Waals surface area (Å²) >= 11 is 0. The summed E-state index contributed by atoms with van der Waals surface area (Å²) in [5.74, 6) is -0.0491. The van der Waals surface area contributed by atoms with Gasteiger partial charge in [-0.05, 0) is 23.3 Å². The summed E-state index contributed by atoms with van der Waals surface area (Å²) in [6.45, 7) is 0.00598. The van der Waals surface area contributed by atoms with E-state index in [1.54, 1.807) is 19.2 Å². The first kappa shape index (κ1) is 18.4. The number of hydrogen-bond donors (Lipinski definition) is 2. The molecule has 1 heterocycles. The molecule has 0 radical (unpaired) electrons. The van der Waals surface area contributed by atoms with E-state index in [1.807, 2.05) is 42.5 Å². The molecular formula is C20H21N3O4. The number of carbonyl (C=O) groups is 3. The van der Waals surface area contributed by atoms with E-state index in [0.29, 0.717) is 13.0 Å². The molecule has 0 saturated carbocycles. The van der Waals surface area contributed by atoms with Crippen LogP contribution in [0.3, 0.4) is 0 Å². The number of nitrogens with one attached hydrogen (secondary N) is 2. The van der Waals surface area contributed by atoms with E-state index in [2.05, 4.69) is 10.6 Å². The van der Waals surface area contributed by atoms with Gasteiger partial charge in [0.05, 0.1) is 7.11 Å². The second-order valence-electron chi connectivity index (χ2n) is 6.24. The Kier molecular flexibility index (Phi) is 5.71. The summed E-state index contributed by atoms with van der Waals surface area (Å²) in [6, 6.07) is 15.5. The molecule has 3 rings (SSSR count). The van der Waals surface area contributed by atoms with Gasteiger partial charge in [-0.2, -0.15) is 0 Å². The lowest BCUT2D eigenvalue weighted by Gasteiger charge is -2.13. The van der Waals surface area contributed by atoms with Crippen LogP contribution in [-0.2, 0) is 22.6 Å². The molecule has 2 N–H and O–H groups in total. The summed E-state index contributed by atoms with van der Waals surface area (Å²) in [5, 5.41) is 5.35. The maximum absolute atomic E-state index is 12.4. The molecule has 140 valence electrons. The van der Waals surface area contributed by atoms with E-state index >= 15 is 0 Å². The molecule has 2 aromatic carbocycles. The Labute approximate surface area is 157 Å². The zero-order valence-corrected chi connectivity index (χ0v) is 15.0. The first-order valence-corrected chi connectivity index (χ1v) is 8.62. The molecule has 2 aromatic rings. The van der Waals surface area contributed by atoms with Crippen LogP contribution in [0.25, 0.3) is 0 Å². The number of urea groups is 1. The molecule has 0 unspecified atom stereocenters. The van der Waals surface area contributed by atoms with Gasteiger partial charge < -0.3 is 15.4 Å². The number of methoxy groups -OCH3 is 1. The molecule has 1 saturated heterocycles. The van der Waals surface area contributed by atoms with Crippen molar-refractivity contribution in [2.75, 3.05) is 13.7 Å². The van der Waals surface area contributed by atoms with Crippen LogP contribution in [0.1, 0.15) is 11.1 Å². The molecule has 1 aliphatic rings. The number of carbonyl (C=O) groups excluding carboxylic acids is 3. The van der Waals surface area contributed by atoms with Crippen LogP contribution in [0.5, 0.6) is 5.75 Å². The minimum absolute atomic E-state index is 0.299. The molecule has 27 heavy (non-hydrogen) atoms. The second kappa shape index (κ2) is 8.35. The molecule has 0 spiro atoms. The minimum atomic E-state index is -0.644. The van der Waals surface area contributed by atoms with Crippen molar-refractivity contribution in [3.8, 4) is 5.75 Å². The van der Waals surface area contributed by atoms with Gasteiger partial charge in [-0.15, -0.1) is 0 Å². The van der Waals surface area contributed by atoms with Gasteiger partial charge in [0, 0.05) is 13.0 Å². The standard InChI is InChI=1S/C20H21N3O4/c1-27-16-9-7-15(8-10-16)12-21-18(24)13-23-19(25)17(22-20(23)26)11-14-5-3-2-4-6-14/h2-10,17H,11-13H2,1H3,(H,21,24)(H,22,26)/t17-/m0/s1. The van der Waals surface area contributed by atoms with Crippen LogP contribution in [0, 0.1) is 0 Å². The van der Waals surface area contributed by atoms with Crippen molar-refractivity contribution >= 4 is 17.8 Å². The Hall–Kier alpha value is -3.35. The molecular weight excluding hydrogens is 346 g/mol. The maximum atomic E-state index is 12.4. The molecule has 7 nitrogen and oxygen atoms in total. The molecule has 1 fully saturated rings. The fraction of sp³-hybridized carbons (Fsp3) is 0.250. The first-order chi connectivity index (χ1) is 13.1. The van der Waals surface area contributed by atoms with Gasteiger partial charge in [0.1, 0.15) is 18.3 Å². The van der Waals surface area contributed by atoms with Gasteiger partial charge in [0.25, 0.3) is 5.91 Å². The van der Waals surface area contributed by atoms with Crippen LogP contribution in [0.15, 0.2) is 54.6 Å². The highest BCUT2D eigenvalue weighted by atomic mass is 16.5. The quantitative estimate of drug-likeness (QED) is 0.726. The molecule has 7 heteroatoms. The number of rotatable bonds is 7. The highest BCUT2D eigenvalue weighted by molar-refractivity contribution is 6.06. The van der Waals surface area contributed by atoms with Crippen LogP contribution in [0.2, 0.25) is 0 Å². The highest BCUT2D eigenvalue weighted by Gasteiger charge is 2.38. The number of nitrogens with zero attached hydrogens (tertiary/aromatic N) is 1. The van der Waals surface area contributed by atoms with Gasteiger partial charge in [-0.25, -0.2) is 4.79 Å². The zero-order valence-electron chi connectivity index (χ0n) is 15.0. The van der Waals surface area contributed by atoms with Crippen molar-refractivity contribution in [3.63, 3.8) is 0 Å². The predicted molar refractivity (Wildman–Crippen MR) is 99.0 cm³/mol. The highest BCUT2D eigenvalue weighted by Crippen LogP contribution is 2.13. The van der Waals surface area contributed by atoms with Crippen molar-refractivity contribution < 1.29 is 19.1 Å². The van der Waals surface area contributed by atoms with Crippen LogP contribution >= 0.6 is 0 Å². The van der Waals surface area contributed by atoms with E-state index in [-0.39, 0.29) is 12.5 Å². The van der Waals surface area contributed by atoms with Crippen molar-refractivity contribution in [1.29, 1.82) is 0 Å². The van der Waals surface area contributed by atoms with E-state index < -0.39 is 18.0 Å². The fourth-order valence-electron chi connectivity index (χ4n) is 2.86. The van der Waals surface area contributed by atoms with Gasteiger partial charge in [-0.3, -0.25) is 14.5 Å². The zero-order chi connectivity index (χ0) is 19.2. The lowest BCUT2D eigenvalue weighted by Crippen LogP contribution is -2.41. The summed E-state index contributed by atoms with van der Waals surface area (Å²) in [6.07, 6.45) is 0.398. The van der Waals surface area contributed by atoms with Gasteiger partial charge in [-0.1, -0.05) is 42.5 Å². The second-order valence-corrected chi connectivity index (χ2v) is 6.24. The first-order valence-electron chi connectivity index (χ1n) is 8.62. The maximum Gasteiger partial charge on any atom is 0.325 e. The lowest BCUT2D eigenvalue weighted by molar-refractivity contribution is -0.132. The third kappa shape index (κ3) is 4.63. The fourth-order valence-corrected chi connectivity index (χ4v) is 2.86. The van der Waals surface area contributed by atoms with Crippen LogP contribution < -0.4 is 15.4 Å². The summed E-state index contributed by atoms with van der Waals surface area (Å²) in [5.41, 5.74) is 1.84. The normalized spacial score (nSPS) is 16.2. The summed E-state index contributed by atoms with van der Waals surface area (Å²) < 4.78 is 5.08.